The van der Waals surface area contributed by atoms with Crippen molar-refractivity contribution >= 4 is 46.6 Å². The van der Waals surface area contributed by atoms with Crippen molar-refractivity contribution in [3.05, 3.63) is 90.1 Å². The fraction of sp³-hybridized carbons (Fsp3) is 0.0800. The number of nitrogens with one attached hydrogen (secondary N) is 2. The quantitative estimate of drug-likeness (QED) is 0.411. The average molecular weight is 460 g/mol. The number of nitrogens with zero attached hydrogens (tertiary/aromatic N) is 1. The molecule has 1 aliphatic heterocycles. The van der Waals surface area contributed by atoms with E-state index >= 15 is 0 Å². The second-order valence-electron chi connectivity index (χ2n) is 7.08. The van der Waals surface area contributed by atoms with Gasteiger partial charge in [0.05, 0.1) is 12.8 Å². The van der Waals surface area contributed by atoms with Gasteiger partial charge >= 0.3 is 0 Å². The number of carbonyl (C=O) groups excluding carboxylic acids is 2. The van der Waals surface area contributed by atoms with E-state index in [-0.39, 0.29) is 18.4 Å². The molecule has 1 heterocycles. The Morgan fingerprint density at radius 3 is 2.42 bits per heavy atom. The van der Waals surface area contributed by atoms with Gasteiger partial charge in [0.2, 0.25) is 0 Å². The van der Waals surface area contributed by atoms with Crippen LogP contribution in [0.2, 0.25) is 0 Å². The number of benzene rings is 3. The number of rotatable bonds is 7. The van der Waals surface area contributed by atoms with E-state index in [2.05, 4.69) is 10.6 Å². The van der Waals surface area contributed by atoms with E-state index in [4.69, 9.17) is 21.7 Å². The van der Waals surface area contributed by atoms with E-state index in [1.54, 1.807) is 36.4 Å². The Kier molecular flexibility index (Phi) is 6.66. The van der Waals surface area contributed by atoms with E-state index in [9.17, 15) is 9.59 Å². The maximum atomic E-state index is 12.9. The molecule has 0 spiro atoms. The highest BCUT2D eigenvalue weighted by Gasteiger charge is 2.31. The number of anilines is 2. The zero-order valence-electron chi connectivity index (χ0n) is 17.8. The van der Waals surface area contributed by atoms with Crippen molar-refractivity contribution in [1.29, 1.82) is 0 Å². The molecular weight excluding hydrogens is 438 g/mol. The maximum absolute atomic E-state index is 12.9. The molecule has 4 rings (SSSR count). The van der Waals surface area contributed by atoms with Gasteiger partial charge in [-0.05, 0) is 60.3 Å². The monoisotopic (exact) mass is 459 g/mol. The lowest BCUT2D eigenvalue weighted by molar-refractivity contribution is -0.118. The summed E-state index contributed by atoms with van der Waals surface area (Å²) in [5, 5.41) is 6.03. The van der Waals surface area contributed by atoms with Gasteiger partial charge in [0.1, 0.15) is 5.70 Å². The summed E-state index contributed by atoms with van der Waals surface area (Å²) >= 11 is 5.34. The topological polar surface area (TPSA) is 79.9 Å². The van der Waals surface area contributed by atoms with E-state index in [0.29, 0.717) is 39.2 Å². The molecule has 0 unspecified atom stereocenters. The smallest absolute Gasteiger partial charge is 0.281 e. The first-order chi connectivity index (χ1) is 16.0. The number of thiocarbonyl (C=S) groups is 1. The Morgan fingerprint density at radius 1 is 1.03 bits per heavy atom. The van der Waals surface area contributed by atoms with Crippen molar-refractivity contribution in [2.24, 2.45) is 0 Å². The Bertz CT molecular complexity index is 1210. The number of methoxy groups -OCH3 is 1. The molecule has 1 aliphatic rings. The number of ether oxygens (including phenoxy) is 2. The van der Waals surface area contributed by atoms with Crippen molar-refractivity contribution in [2.75, 3.05) is 23.9 Å². The van der Waals surface area contributed by atoms with Gasteiger partial charge < -0.3 is 20.1 Å². The maximum Gasteiger partial charge on any atom is 0.281 e. The number of amides is 2. The molecule has 33 heavy (non-hydrogen) atoms. The third kappa shape index (κ3) is 5.19. The molecule has 0 bridgehead atoms. The van der Waals surface area contributed by atoms with Crippen molar-refractivity contribution in [2.45, 2.75) is 0 Å². The molecule has 2 N–H and O–H groups in total. The summed E-state index contributed by atoms with van der Waals surface area (Å²) in [6.07, 6.45) is 1.69. The van der Waals surface area contributed by atoms with Crippen LogP contribution in [0.25, 0.3) is 6.08 Å². The molecule has 0 aliphatic carbocycles. The molecule has 3 aromatic rings. The fourth-order valence-corrected chi connectivity index (χ4v) is 3.57. The van der Waals surface area contributed by atoms with Crippen LogP contribution >= 0.6 is 12.2 Å². The molecule has 166 valence electrons. The third-order valence-corrected chi connectivity index (χ3v) is 5.09. The largest absolute Gasteiger partial charge is 0.493 e. The predicted molar refractivity (Wildman–Crippen MR) is 131 cm³/mol. The minimum atomic E-state index is -0.287. The van der Waals surface area contributed by atoms with Crippen LogP contribution in [-0.4, -0.2) is 30.6 Å². The summed E-state index contributed by atoms with van der Waals surface area (Å²) in [5.41, 5.74) is 2.44. The lowest BCUT2D eigenvalue weighted by Gasteiger charge is -2.13. The van der Waals surface area contributed by atoms with Gasteiger partial charge in [-0.3, -0.25) is 14.5 Å². The van der Waals surface area contributed by atoms with Crippen molar-refractivity contribution in [1.82, 2.24) is 5.32 Å². The molecular formula is C25H21N3O4S. The molecule has 7 nitrogen and oxygen atoms in total. The summed E-state index contributed by atoms with van der Waals surface area (Å²) in [5.74, 6) is 0.313. The number of hydrogen-bond acceptors (Lipinski definition) is 5. The zero-order chi connectivity index (χ0) is 23.2. The summed E-state index contributed by atoms with van der Waals surface area (Å²) in [6.45, 7) is -0.175. The fourth-order valence-electron chi connectivity index (χ4n) is 3.27. The van der Waals surface area contributed by atoms with E-state index in [1.165, 1.54) is 12.0 Å². The minimum absolute atomic E-state index is 0.175. The van der Waals surface area contributed by atoms with Crippen molar-refractivity contribution in [3.8, 4) is 11.5 Å². The zero-order valence-corrected chi connectivity index (χ0v) is 18.6. The van der Waals surface area contributed by atoms with Gasteiger partial charge in [-0.1, -0.05) is 42.5 Å². The highest BCUT2D eigenvalue weighted by atomic mass is 32.1. The predicted octanol–water partition coefficient (Wildman–Crippen LogP) is 3.97. The van der Waals surface area contributed by atoms with Gasteiger partial charge in [0, 0.05) is 5.69 Å². The lowest BCUT2D eigenvalue weighted by Crippen LogP contribution is -2.30. The molecule has 8 heteroatoms. The summed E-state index contributed by atoms with van der Waals surface area (Å²) in [4.78, 5) is 26.5. The molecule has 0 atom stereocenters. The number of para-hydroxylation sites is 2. The third-order valence-electron chi connectivity index (χ3n) is 4.81. The van der Waals surface area contributed by atoms with Gasteiger partial charge in [-0.25, -0.2) is 0 Å². The molecule has 1 saturated heterocycles. The van der Waals surface area contributed by atoms with Crippen LogP contribution in [-0.2, 0) is 9.59 Å². The second-order valence-corrected chi connectivity index (χ2v) is 7.46. The van der Waals surface area contributed by atoms with Gasteiger partial charge in [-0.2, -0.15) is 0 Å². The van der Waals surface area contributed by atoms with E-state index < -0.39 is 0 Å². The SMILES string of the molecule is COc1cc(/C=C2/NC(=S)N(c3ccccc3)C2=O)ccc1OCC(=O)Nc1ccccc1. The first-order valence-corrected chi connectivity index (χ1v) is 10.5. The average Bonchev–Trinajstić information content (AvgIpc) is 3.11. The highest BCUT2D eigenvalue weighted by molar-refractivity contribution is 7.80. The lowest BCUT2D eigenvalue weighted by atomic mass is 10.1. The van der Waals surface area contributed by atoms with Crippen molar-refractivity contribution < 1.29 is 19.1 Å². The standard InChI is InChI=1S/C25H21N3O4S/c1-31-22-15-17(12-13-21(22)32-16-23(29)26-18-8-4-2-5-9-18)14-20-24(30)28(25(33)27-20)19-10-6-3-7-11-19/h2-15H,16H2,1H3,(H,26,29)(H,27,33)/b20-14+. The summed E-state index contributed by atoms with van der Waals surface area (Å²) in [7, 11) is 1.51. The molecule has 0 radical (unpaired) electrons. The molecule has 1 fully saturated rings. The van der Waals surface area contributed by atoms with Gasteiger partial charge in [0.25, 0.3) is 11.8 Å². The van der Waals surface area contributed by atoms with Crippen LogP contribution in [0.5, 0.6) is 11.5 Å². The van der Waals surface area contributed by atoms with E-state index in [1.807, 2.05) is 48.5 Å². The Balaban J connectivity index is 1.45. The summed E-state index contributed by atoms with van der Waals surface area (Å²) < 4.78 is 11.0. The first kappa shape index (κ1) is 22.0. The van der Waals surface area contributed by atoms with Crippen molar-refractivity contribution in [3.63, 3.8) is 0 Å². The van der Waals surface area contributed by atoms with Crippen LogP contribution in [0.4, 0.5) is 11.4 Å². The Morgan fingerprint density at radius 2 is 1.73 bits per heavy atom. The highest BCUT2D eigenvalue weighted by Crippen LogP contribution is 2.30. The normalized spacial score (nSPS) is 14.2. The van der Waals surface area contributed by atoms with Crippen LogP contribution in [0.15, 0.2) is 84.6 Å². The molecule has 0 aromatic heterocycles. The first-order valence-electron chi connectivity index (χ1n) is 10.1. The molecule has 2 amide bonds. The Hall–Kier alpha value is -4.17. The van der Waals surface area contributed by atoms with Crippen LogP contribution in [0.1, 0.15) is 5.56 Å². The second kappa shape index (κ2) is 9.97. The molecule has 0 saturated carbocycles. The molecule has 3 aromatic carbocycles. The minimum Gasteiger partial charge on any atom is -0.493 e. The van der Waals surface area contributed by atoms with Crippen LogP contribution < -0.4 is 25.0 Å². The van der Waals surface area contributed by atoms with Gasteiger partial charge in [0.15, 0.2) is 23.2 Å². The van der Waals surface area contributed by atoms with Gasteiger partial charge in [-0.15, -0.1) is 0 Å². The number of carbonyl (C=O) groups is 2. The number of hydrogen-bond donors (Lipinski definition) is 2. The Labute approximate surface area is 196 Å². The van der Waals surface area contributed by atoms with E-state index in [0.717, 1.165) is 0 Å². The summed E-state index contributed by atoms with van der Waals surface area (Å²) in [6, 6.07) is 23.5. The van der Waals surface area contributed by atoms with Crippen LogP contribution in [0, 0.1) is 0 Å². The van der Waals surface area contributed by atoms with Crippen LogP contribution in [0.3, 0.4) is 0 Å².